The minimum absolute atomic E-state index is 0.0109. The maximum Gasteiger partial charge on any atom is 0.238 e. The Morgan fingerprint density at radius 1 is 1.41 bits per heavy atom. The predicted molar refractivity (Wildman–Crippen MR) is 72.0 cm³/mol. The number of aryl methyl sites for hydroxylation is 1. The molecule has 0 spiro atoms. The number of benzene rings is 1. The smallest absolute Gasteiger partial charge is 0.238 e. The van der Waals surface area contributed by atoms with Crippen LogP contribution in [0.15, 0.2) is 30.3 Å². The van der Waals surface area contributed by atoms with Gasteiger partial charge in [-0.3, -0.25) is 10.1 Å². The van der Waals surface area contributed by atoms with E-state index < -0.39 is 0 Å². The maximum atomic E-state index is 11.7. The molecule has 3 nitrogen and oxygen atoms in total. The van der Waals surface area contributed by atoms with Crippen LogP contribution in [0.3, 0.4) is 0 Å². The standard InChI is InChI=1S/C13H18N2OS/c16-13(12-9-17-10-15-12)14-8-4-7-11-5-2-1-3-6-11/h1-3,5-6,12,15H,4,7-10H2,(H,14,16)/t12-/m0/s1. The lowest BCUT2D eigenvalue weighted by Crippen LogP contribution is -2.42. The first-order valence-corrected chi connectivity index (χ1v) is 7.14. The molecule has 1 fully saturated rings. The molecule has 2 N–H and O–H groups in total. The summed E-state index contributed by atoms with van der Waals surface area (Å²) in [5, 5.41) is 6.15. The Hall–Kier alpha value is -1.00. The van der Waals surface area contributed by atoms with Crippen LogP contribution >= 0.6 is 11.8 Å². The summed E-state index contributed by atoms with van der Waals surface area (Å²) in [6.07, 6.45) is 2.02. The molecule has 0 unspecified atom stereocenters. The number of nitrogens with one attached hydrogen (secondary N) is 2. The van der Waals surface area contributed by atoms with Gasteiger partial charge in [-0.1, -0.05) is 30.3 Å². The van der Waals surface area contributed by atoms with Crippen LogP contribution in [0.5, 0.6) is 0 Å². The first kappa shape index (κ1) is 12.5. The second kappa shape index (κ2) is 6.67. The molecule has 0 bridgehead atoms. The number of rotatable bonds is 5. The van der Waals surface area contributed by atoms with E-state index in [1.165, 1.54) is 5.56 Å². The summed E-state index contributed by atoms with van der Waals surface area (Å²) in [5.41, 5.74) is 1.33. The van der Waals surface area contributed by atoms with Gasteiger partial charge < -0.3 is 5.32 Å². The highest BCUT2D eigenvalue weighted by atomic mass is 32.2. The van der Waals surface area contributed by atoms with Crippen molar-refractivity contribution in [1.29, 1.82) is 0 Å². The van der Waals surface area contributed by atoms with Gasteiger partial charge in [0.15, 0.2) is 0 Å². The number of hydrogen-bond acceptors (Lipinski definition) is 3. The van der Waals surface area contributed by atoms with Gasteiger partial charge in [-0.2, -0.15) is 0 Å². The fraction of sp³-hybridized carbons (Fsp3) is 0.462. The Bertz CT molecular complexity index is 350. The number of carbonyl (C=O) groups is 1. The van der Waals surface area contributed by atoms with Gasteiger partial charge in [0, 0.05) is 18.2 Å². The van der Waals surface area contributed by atoms with Gasteiger partial charge in [-0.05, 0) is 18.4 Å². The van der Waals surface area contributed by atoms with Crippen molar-refractivity contribution in [3.8, 4) is 0 Å². The predicted octanol–water partition coefficient (Wildman–Crippen LogP) is 1.40. The molecule has 0 aliphatic carbocycles. The Kier molecular flexibility index (Phi) is 4.88. The van der Waals surface area contributed by atoms with Gasteiger partial charge >= 0.3 is 0 Å². The van der Waals surface area contributed by atoms with Gasteiger partial charge in [0.25, 0.3) is 0 Å². The molecule has 0 saturated carbocycles. The van der Waals surface area contributed by atoms with E-state index in [4.69, 9.17) is 0 Å². The zero-order chi connectivity index (χ0) is 11.9. The van der Waals surface area contributed by atoms with Crippen molar-refractivity contribution in [2.24, 2.45) is 0 Å². The Morgan fingerprint density at radius 2 is 2.24 bits per heavy atom. The largest absolute Gasteiger partial charge is 0.355 e. The molecule has 1 heterocycles. The van der Waals surface area contributed by atoms with Crippen LogP contribution in [0.4, 0.5) is 0 Å². The van der Waals surface area contributed by atoms with Crippen molar-refractivity contribution < 1.29 is 4.79 Å². The first-order chi connectivity index (χ1) is 8.36. The third-order valence-electron chi connectivity index (χ3n) is 2.82. The fourth-order valence-corrected chi connectivity index (χ4v) is 2.78. The van der Waals surface area contributed by atoms with E-state index in [-0.39, 0.29) is 11.9 Å². The van der Waals surface area contributed by atoms with Crippen molar-refractivity contribution in [3.63, 3.8) is 0 Å². The van der Waals surface area contributed by atoms with Crippen LogP contribution in [0.1, 0.15) is 12.0 Å². The molecule has 1 saturated heterocycles. The number of amides is 1. The fourth-order valence-electron chi connectivity index (χ4n) is 1.84. The molecule has 1 aliphatic rings. The monoisotopic (exact) mass is 250 g/mol. The van der Waals surface area contributed by atoms with Crippen LogP contribution in [-0.2, 0) is 11.2 Å². The molecule has 2 rings (SSSR count). The van der Waals surface area contributed by atoms with E-state index in [2.05, 4.69) is 22.8 Å². The second-order valence-corrected chi connectivity index (χ2v) is 5.18. The lowest BCUT2D eigenvalue weighted by atomic mass is 10.1. The lowest BCUT2D eigenvalue weighted by Gasteiger charge is -2.10. The van der Waals surface area contributed by atoms with Gasteiger partial charge in [0.1, 0.15) is 0 Å². The molecule has 1 atom stereocenters. The quantitative estimate of drug-likeness (QED) is 0.776. The highest BCUT2D eigenvalue weighted by molar-refractivity contribution is 7.99. The van der Waals surface area contributed by atoms with Crippen LogP contribution < -0.4 is 10.6 Å². The zero-order valence-corrected chi connectivity index (χ0v) is 10.6. The maximum absolute atomic E-state index is 11.7. The molecular formula is C13H18N2OS. The van der Waals surface area contributed by atoms with Crippen LogP contribution in [0.2, 0.25) is 0 Å². The van der Waals surface area contributed by atoms with Crippen molar-refractivity contribution in [3.05, 3.63) is 35.9 Å². The Labute approximate surface area is 106 Å². The molecular weight excluding hydrogens is 232 g/mol. The summed E-state index contributed by atoms with van der Waals surface area (Å²) < 4.78 is 0. The summed E-state index contributed by atoms with van der Waals surface area (Å²) >= 11 is 1.77. The van der Waals surface area contributed by atoms with E-state index in [1.54, 1.807) is 11.8 Å². The number of thioether (sulfide) groups is 1. The molecule has 0 aromatic heterocycles. The third kappa shape index (κ3) is 4.06. The second-order valence-electron chi connectivity index (χ2n) is 4.15. The lowest BCUT2D eigenvalue weighted by molar-refractivity contribution is -0.122. The topological polar surface area (TPSA) is 41.1 Å². The van der Waals surface area contributed by atoms with E-state index in [9.17, 15) is 4.79 Å². The summed E-state index contributed by atoms with van der Waals surface area (Å²) in [5.74, 6) is 1.93. The van der Waals surface area contributed by atoms with Crippen LogP contribution in [0.25, 0.3) is 0 Å². The zero-order valence-electron chi connectivity index (χ0n) is 9.82. The molecule has 1 aliphatic heterocycles. The molecule has 4 heteroatoms. The summed E-state index contributed by atoms with van der Waals surface area (Å²) in [6, 6.07) is 10.4. The van der Waals surface area contributed by atoms with Crippen molar-refractivity contribution >= 4 is 17.7 Å². The van der Waals surface area contributed by atoms with E-state index in [0.717, 1.165) is 31.0 Å². The molecule has 92 valence electrons. The summed E-state index contributed by atoms with van der Waals surface area (Å²) in [4.78, 5) is 11.7. The van der Waals surface area contributed by atoms with E-state index in [0.29, 0.717) is 0 Å². The van der Waals surface area contributed by atoms with Crippen molar-refractivity contribution in [1.82, 2.24) is 10.6 Å². The molecule has 0 radical (unpaired) electrons. The summed E-state index contributed by atoms with van der Waals surface area (Å²) in [6.45, 7) is 0.760. The highest BCUT2D eigenvalue weighted by Gasteiger charge is 2.21. The summed E-state index contributed by atoms with van der Waals surface area (Å²) in [7, 11) is 0. The minimum Gasteiger partial charge on any atom is -0.355 e. The molecule has 17 heavy (non-hydrogen) atoms. The number of carbonyl (C=O) groups excluding carboxylic acids is 1. The Morgan fingerprint density at radius 3 is 2.94 bits per heavy atom. The molecule has 1 amide bonds. The SMILES string of the molecule is O=C(NCCCc1ccccc1)[C@@H]1CSCN1. The molecule has 1 aromatic rings. The minimum atomic E-state index is 0.0109. The van der Waals surface area contributed by atoms with E-state index in [1.807, 2.05) is 18.2 Å². The van der Waals surface area contributed by atoms with Gasteiger partial charge in [0.05, 0.1) is 6.04 Å². The number of hydrogen-bond donors (Lipinski definition) is 2. The third-order valence-corrected chi connectivity index (χ3v) is 3.76. The van der Waals surface area contributed by atoms with Crippen LogP contribution in [-0.4, -0.2) is 30.1 Å². The molecule has 1 aromatic carbocycles. The van der Waals surface area contributed by atoms with Gasteiger partial charge in [-0.25, -0.2) is 0 Å². The van der Waals surface area contributed by atoms with Crippen molar-refractivity contribution in [2.45, 2.75) is 18.9 Å². The Balaban J connectivity index is 1.61. The van der Waals surface area contributed by atoms with E-state index >= 15 is 0 Å². The van der Waals surface area contributed by atoms with Gasteiger partial charge in [0.2, 0.25) is 5.91 Å². The average Bonchev–Trinajstić information content (AvgIpc) is 2.89. The highest BCUT2D eigenvalue weighted by Crippen LogP contribution is 2.09. The van der Waals surface area contributed by atoms with Crippen molar-refractivity contribution in [2.75, 3.05) is 18.2 Å². The first-order valence-electron chi connectivity index (χ1n) is 5.99. The van der Waals surface area contributed by atoms with Gasteiger partial charge in [-0.15, -0.1) is 11.8 Å². The normalized spacial score (nSPS) is 19.2. The van der Waals surface area contributed by atoms with Crippen LogP contribution in [0, 0.1) is 0 Å². The average molecular weight is 250 g/mol.